The van der Waals surface area contributed by atoms with E-state index in [9.17, 15) is 17.6 Å². The molecule has 1 amide bonds. The third kappa shape index (κ3) is 0.974. The second-order valence-electron chi connectivity index (χ2n) is 4.09. The molecule has 1 aromatic rings. The minimum Gasteiger partial charge on any atom is -0.323 e. The first-order valence-electron chi connectivity index (χ1n) is 4.83. The lowest BCUT2D eigenvalue weighted by atomic mass is 10.2. The maximum absolute atomic E-state index is 12.9. The van der Waals surface area contributed by atoms with Gasteiger partial charge in [-0.15, -0.1) is 0 Å². The number of benzene rings is 1. The quantitative estimate of drug-likeness (QED) is 0.691. The summed E-state index contributed by atoms with van der Waals surface area (Å²) in [7, 11) is -3.65. The summed E-state index contributed by atoms with van der Waals surface area (Å²) < 4.78 is 35.9. The summed E-state index contributed by atoms with van der Waals surface area (Å²) in [5, 5.41) is 2.45. The van der Waals surface area contributed by atoms with E-state index >= 15 is 0 Å². The average molecular weight is 241 g/mol. The van der Waals surface area contributed by atoms with Gasteiger partial charge in [0, 0.05) is 0 Å². The highest BCUT2D eigenvalue weighted by Gasteiger charge is 2.63. The van der Waals surface area contributed by atoms with Crippen LogP contribution in [0.3, 0.4) is 0 Å². The molecule has 84 valence electrons. The Balaban J connectivity index is 2.30. The van der Waals surface area contributed by atoms with Gasteiger partial charge in [-0.3, -0.25) is 4.79 Å². The van der Waals surface area contributed by atoms with Crippen LogP contribution in [0.25, 0.3) is 0 Å². The van der Waals surface area contributed by atoms with Crippen LogP contribution in [0.15, 0.2) is 23.1 Å². The van der Waals surface area contributed by atoms with Crippen LogP contribution in [-0.2, 0) is 14.6 Å². The van der Waals surface area contributed by atoms with Crippen LogP contribution in [0.5, 0.6) is 0 Å². The summed E-state index contributed by atoms with van der Waals surface area (Å²) >= 11 is 0. The van der Waals surface area contributed by atoms with Gasteiger partial charge in [0.2, 0.25) is 5.91 Å². The standard InChI is InChI=1S/C10H8FNO3S/c11-6-1-2-8-7(5-6)12-9(13)10(3-4-10)16(8,14)15/h1-2,5H,3-4H2,(H,12,13). The zero-order valence-corrected chi connectivity index (χ0v) is 8.97. The molecule has 1 N–H and O–H groups in total. The van der Waals surface area contributed by atoms with E-state index in [0.717, 1.165) is 12.1 Å². The van der Waals surface area contributed by atoms with Crippen molar-refractivity contribution in [1.29, 1.82) is 0 Å². The smallest absolute Gasteiger partial charge is 0.246 e. The van der Waals surface area contributed by atoms with Crippen molar-refractivity contribution in [2.45, 2.75) is 22.5 Å². The maximum Gasteiger partial charge on any atom is 0.246 e. The van der Waals surface area contributed by atoms with Gasteiger partial charge in [-0.2, -0.15) is 0 Å². The van der Waals surface area contributed by atoms with Crippen molar-refractivity contribution in [1.82, 2.24) is 0 Å². The number of nitrogens with one attached hydrogen (secondary N) is 1. The lowest BCUT2D eigenvalue weighted by Gasteiger charge is -2.24. The van der Waals surface area contributed by atoms with E-state index in [1.54, 1.807) is 0 Å². The van der Waals surface area contributed by atoms with Gasteiger partial charge in [0.25, 0.3) is 0 Å². The molecule has 0 bridgehead atoms. The molecule has 3 rings (SSSR count). The SMILES string of the molecule is O=C1Nc2cc(F)ccc2S(=O)(=O)C12CC2. The van der Waals surface area contributed by atoms with E-state index in [1.165, 1.54) is 6.07 Å². The van der Waals surface area contributed by atoms with Crippen molar-refractivity contribution in [2.24, 2.45) is 0 Å². The summed E-state index contributed by atoms with van der Waals surface area (Å²) in [6.45, 7) is 0. The Morgan fingerprint density at radius 2 is 2.00 bits per heavy atom. The topological polar surface area (TPSA) is 63.2 Å². The van der Waals surface area contributed by atoms with E-state index in [4.69, 9.17) is 0 Å². The highest BCUT2D eigenvalue weighted by molar-refractivity contribution is 7.94. The summed E-state index contributed by atoms with van der Waals surface area (Å²) in [4.78, 5) is 11.7. The zero-order valence-electron chi connectivity index (χ0n) is 8.16. The average Bonchev–Trinajstić information content (AvgIpc) is 2.96. The Labute approximate surface area is 91.4 Å². The molecule has 1 fully saturated rings. The molecule has 1 aliphatic heterocycles. The van der Waals surface area contributed by atoms with Crippen molar-refractivity contribution in [2.75, 3.05) is 5.32 Å². The third-order valence-corrected chi connectivity index (χ3v) is 5.67. The molecule has 16 heavy (non-hydrogen) atoms. The van der Waals surface area contributed by atoms with Gasteiger partial charge < -0.3 is 5.32 Å². The number of rotatable bonds is 0. The van der Waals surface area contributed by atoms with Crippen molar-refractivity contribution in [3.63, 3.8) is 0 Å². The number of amides is 1. The van der Waals surface area contributed by atoms with Gasteiger partial charge >= 0.3 is 0 Å². The van der Waals surface area contributed by atoms with Crippen LogP contribution >= 0.6 is 0 Å². The zero-order chi connectivity index (χ0) is 11.6. The molecule has 1 saturated carbocycles. The maximum atomic E-state index is 12.9. The van der Waals surface area contributed by atoms with E-state index < -0.39 is 26.3 Å². The number of sulfone groups is 1. The number of fused-ring (bicyclic) bond motifs is 1. The lowest BCUT2D eigenvalue weighted by molar-refractivity contribution is -0.116. The summed E-state index contributed by atoms with van der Waals surface area (Å²) in [6, 6.07) is 3.32. The normalized spacial score (nSPS) is 23.7. The van der Waals surface area contributed by atoms with Gasteiger partial charge in [-0.25, -0.2) is 12.8 Å². The molecule has 0 atom stereocenters. The first kappa shape index (κ1) is 9.77. The molecule has 0 aromatic heterocycles. The predicted molar refractivity (Wildman–Crippen MR) is 54.2 cm³/mol. The summed E-state index contributed by atoms with van der Waals surface area (Å²) in [6.07, 6.45) is 0.690. The van der Waals surface area contributed by atoms with Crippen LogP contribution in [-0.4, -0.2) is 19.1 Å². The minimum absolute atomic E-state index is 0.0194. The first-order valence-corrected chi connectivity index (χ1v) is 6.31. The third-order valence-electron chi connectivity index (χ3n) is 3.11. The molecule has 6 heteroatoms. The monoisotopic (exact) mass is 241 g/mol. The van der Waals surface area contributed by atoms with Crippen LogP contribution in [0.2, 0.25) is 0 Å². The molecule has 4 nitrogen and oxygen atoms in total. The highest BCUT2D eigenvalue weighted by atomic mass is 32.2. The van der Waals surface area contributed by atoms with Crippen molar-refractivity contribution in [3.8, 4) is 0 Å². The number of hydrogen-bond acceptors (Lipinski definition) is 3. The molecule has 2 aliphatic rings. The Morgan fingerprint density at radius 1 is 1.31 bits per heavy atom. The van der Waals surface area contributed by atoms with Crippen molar-refractivity contribution in [3.05, 3.63) is 24.0 Å². The second-order valence-corrected chi connectivity index (χ2v) is 6.32. The predicted octanol–water partition coefficient (Wildman–Crippen LogP) is 1.08. The second kappa shape index (κ2) is 2.63. The van der Waals surface area contributed by atoms with E-state index in [2.05, 4.69) is 5.32 Å². The molecule has 0 saturated heterocycles. The Hall–Kier alpha value is -1.43. The number of carbonyl (C=O) groups excluding carboxylic acids is 1. The number of halogens is 1. The molecule has 0 unspecified atom stereocenters. The fourth-order valence-corrected chi connectivity index (χ4v) is 4.01. The van der Waals surface area contributed by atoms with Gasteiger partial charge in [0.05, 0.1) is 10.6 Å². The summed E-state index contributed by atoms with van der Waals surface area (Å²) in [5.74, 6) is -1.11. The van der Waals surface area contributed by atoms with Crippen molar-refractivity contribution < 1.29 is 17.6 Å². The minimum atomic E-state index is -3.65. The van der Waals surface area contributed by atoms with Crippen LogP contribution in [0, 0.1) is 5.82 Å². The number of anilines is 1. The van der Waals surface area contributed by atoms with Crippen LogP contribution < -0.4 is 5.32 Å². The number of carbonyl (C=O) groups is 1. The molecule has 1 heterocycles. The van der Waals surface area contributed by atoms with Crippen molar-refractivity contribution >= 4 is 21.4 Å². The van der Waals surface area contributed by atoms with Gasteiger partial charge in [-0.05, 0) is 31.0 Å². The Kier molecular flexibility index (Phi) is 1.60. The summed E-state index contributed by atoms with van der Waals surface area (Å²) in [5.41, 5.74) is 0.0440. The first-order chi connectivity index (χ1) is 7.47. The molecule has 1 aliphatic carbocycles. The molecule has 0 radical (unpaired) electrons. The Morgan fingerprint density at radius 3 is 2.62 bits per heavy atom. The van der Waals surface area contributed by atoms with Gasteiger partial charge in [-0.1, -0.05) is 0 Å². The van der Waals surface area contributed by atoms with E-state index in [0.29, 0.717) is 12.8 Å². The molecule has 1 spiro atoms. The van der Waals surface area contributed by atoms with Crippen LogP contribution in [0.4, 0.5) is 10.1 Å². The van der Waals surface area contributed by atoms with Gasteiger partial charge in [0.15, 0.2) is 14.6 Å². The molecule has 1 aromatic carbocycles. The largest absolute Gasteiger partial charge is 0.323 e. The molecular weight excluding hydrogens is 233 g/mol. The lowest BCUT2D eigenvalue weighted by Crippen LogP contribution is -2.41. The number of hydrogen-bond donors (Lipinski definition) is 1. The van der Waals surface area contributed by atoms with E-state index in [-0.39, 0.29) is 10.6 Å². The molecular formula is C10H8FNO3S. The Bertz CT molecular complexity index is 604. The van der Waals surface area contributed by atoms with Crippen LogP contribution in [0.1, 0.15) is 12.8 Å². The fourth-order valence-electron chi connectivity index (χ4n) is 2.01. The van der Waals surface area contributed by atoms with E-state index in [1.807, 2.05) is 0 Å². The highest BCUT2D eigenvalue weighted by Crippen LogP contribution is 2.51. The van der Waals surface area contributed by atoms with Gasteiger partial charge in [0.1, 0.15) is 5.82 Å². The fraction of sp³-hybridized carbons (Fsp3) is 0.300.